The molecule has 190 valence electrons. The molecule has 4 heterocycles. The summed E-state index contributed by atoms with van der Waals surface area (Å²) in [6.45, 7) is 5.49. The maximum Gasteiger partial charge on any atom is 0.490 e. The van der Waals surface area contributed by atoms with E-state index in [4.69, 9.17) is 19.9 Å². The number of nitrogens with zero attached hydrogens (tertiary/aromatic N) is 5. The second-order valence-electron chi connectivity index (χ2n) is 8.71. The molecule has 0 unspecified atom stereocenters. The molecule has 3 aromatic rings. The van der Waals surface area contributed by atoms with E-state index in [1.54, 1.807) is 0 Å². The number of hydrogen-bond donors (Lipinski definition) is 1. The Balaban J connectivity index is 0.000000384. The van der Waals surface area contributed by atoms with Gasteiger partial charge in [-0.05, 0) is 43.9 Å². The third kappa shape index (κ3) is 5.72. The molecule has 0 bridgehead atoms. The fourth-order valence-electron chi connectivity index (χ4n) is 4.38. The molecule has 1 fully saturated rings. The fourth-order valence-corrected chi connectivity index (χ4v) is 4.38. The van der Waals surface area contributed by atoms with Gasteiger partial charge in [0.15, 0.2) is 0 Å². The van der Waals surface area contributed by atoms with Crippen LogP contribution >= 0.6 is 0 Å². The predicted octanol–water partition coefficient (Wildman–Crippen LogP) is 3.81. The number of aliphatic carboxylic acids is 1. The van der Waals surface area contributed by atoms with E-state index in [0.29, 0.717) is 18.8 Å². The number of para-hydroxylation sites is 1. The van der Waals surface area contributed by atoms with Gasteiger partial charge in [0.1, 0.15) is 5.69 Å². The van der Waals surface area contributed by atoms with E-state index in [2.05, 4.69) is 16.8 Å². The van der Waals surface area contributed by atoms with Crippen LogP contribution in [0.4, 0.5) is 19.1 Å². The zero-order valence-electron chi connectivity index (χ0n) is 19.8. The number of benzene rings is 1. The van der Waals surface area contributed by atoms with Crippen LogP contribution in [-0.4, -0.2) is 69.2 Å². The highest BCUT2D eigenvalue weighted by atomic mass is 19.4. The molecular weight excluding hydrogens is 475 g/mol. The molecule has 8 nitrogen and oxygen atoms in total. The van der Waals surface area contributed by atoms with Gasteiger partial charge in [-0.3, -0.25) is 4.79 Å². The summed E-state index contributed by atoms with van der Waals surface area (Å²) < 4.78 is 31.7. The smallest absolute Gasteiger partial charge is 0.475 e. The normalized spacial score (nSPS) is 15.7. The maximum absolute atomic E-state index is 13.1. The van der Waals surface area contributed by atoms with E-state index in [-0.39, 0.29) is 5.91 Å². The number of halogens is 3. The number of aromatic nitrogens is 3. The maximum atomic E-state index is 13.1. The highest BCUT2D eigenvalue weighted by Crippen LogP contribution is 2.23. The van der Waals surface area contributed by atoms with Crippen molar-refractivity contribution in [2.45, 2.75) is 38.8 Å². The first-order valence-corrected chi connectivity index (χ1v) is 11.7. The van der Waals surface area contributed by atoms with Crippen LogP contribution in [0, 0.1) is 6.92 Å². The molecule has 2 aliphatic heterocycles. The minimum absolute atomic E-state index is 0.00561. The molecule has 0 radical (unpaired) electrons. The Kier molecular flexibility index (Phi) is 7.37. The first-order valence-electron chi connectivity index (χ1n) is 11.7. The van der Waals surface area contributed by atoms with E-state index in [1.165, 1.54) is 18.4 Å². The average molecular weight is 502 g/mol. The van der Waals surface area contributed by atoms with Gasteiger partial charge in [0, 0.05) is 43.7 Å². The average Bonchev–Trinajstić information content (AvgIpc) is 3.30. The second-order valence-corrected chi connectivity index (χ2v) is 8.71. The van der Waals surface area contributed by atoms with Crippen molar-refractivity contribution in [2.75, 3.05) is 31.1 Å². The lowest BCUT2D eigenvalue weighted by Crippen LogP contribution is -2.33. The quantitative estimate of drug-likeness (QED) is 0.570. The Morgan fingerprint density at radius 1 is 0.917 bits per heavy atom. The number of pyridine rings is 1. The molecule has 1 saturated heterocycles. The lowest BCUT2D eigenvalue weighted by atomic mass is 10.1. The van der Waals surface area contributed by atoms with Crippen molar-refractivity contribution in [3.8, 4) is 0 Å². The Hall–Kier alpha value is -3.76. The Labute approximate surface area is 205 Å². The Morgan fingerprint density at radius 2 is 1.58 bits per heavy atom. The number of hydrogen-bond acceptors (Lipinski definition) is 6. The van der Waals surface area contributed by atoms with E-state index in [9.17, 15) is 18.0 Å². The molecule has 2 aliphatic rings. The standard InChI is InChI=1S/C23H25N5O.C2HF3O2/c1-16-18-10-14-27(15-11-20(18)26-23(24-16)28-12-4-5-13-28)22(29)21-9-8-17-6-2-3-7-19(17)25-21;3-2(4,5)1(6)7/h2-3,6-9H,4-5,10-15H2,1H3;(H,6,7). The summed E-state index contributed by atoms with van der Waals surface area (Å²) >= 11 is 0. The number of carbonyl (C=O) groups is 2. The lowest BCUT2D eigenvalue weighted by Gasteiger charge is -2.19. The van der Waals surface area contributed by atoms with Gasteiger partial charge in [-0.1, -0.05) is 24.3 Å². The number of anilines is 1. The molecule has 0 atom stereocenters. The van der Waals surface area contributed by atoms with Crippen LogP contribution in [0.15, 0.2) is 36.4 Å². The van der Waals surface area contributed by atoms with Gasteiger partial charge in [0.25, 0.3) is 5.91 Å². The van der Waals surface area contributed by atoms with Gasteiger partial charge in [-0.2, -0.15) is 13.2 Å². The van der Waals surface area contributed by atoms with Gasteiger partial charge < -0.3 is 14.9 Å². The number of carboxylic acid groups (broad SMARTS) is 1. The third-order valence-electron chi connectivity index (χ3n) is 6.27. The fraction of sp³-hybridized carbons (Fsp3) is 0.400. The van der Waals surface area contributed by atoms with E-state index in [0.717, 1.165) is 54.2 Å². The number of amides is 1. The van der Waals surface area contributed by atoms with Gasteiger partial charge in [-0.15, -0.1) is 0 Å². The largest absolute Gasteiger partial charge is 0.490 e. The number of fused-ring (bicyclic) bond motifs is 2. The van der Waals surface area contributed by atoms with Crippen molar-refractivity contribution in [3.05, 3.63) is 59.0 Å². The van der Waals surface area contributed by atoms with Crippen LogP contribution in [0.1, 0.15) is 40.3 Å². The zero-order chi connectivity index (χ0) is 25.9. The molecule has 36 heavy (non-hydrogen) atoms. The van der Waals surface area contributed by atoms with Crippen molar-refractivity contribution < 1.29 is 27.9 Å². The van der Waals surface area contributed by atoms with E-state index in [1.807, 2.05) is 41.3 Å². The molecule has 0 aliphatic carbocycles. The monoisotopic (exact) mass is 501 g/mol. The number of carboxylic acids is 1. The topological polar surface area (TPSA) is 99.5 Å². The summed E-state index contributed by atoms with van der Waals surface area (Å²) in [6.07, 6.45) is -1.11. The Morgan fingerprint density at radius 3 is 2.28 bits per heavy atom. The van der Waals surface area contributed by atoms with Crippen LogP contribution in [0.3, 0.4) is 0 Å². The van der Waals surface area contributed by atoms with Gasteiger partial charge >= 0.3 is 12.1 Å². The van der Waals surface area contributed by atoms with Crippen LogP contribution in [0.5, 0.6) is 0 Å². The third-order valence-corrected chi connectivity index (χ3v) is 6.27. The van der Waals surface area contributed by atoms with Crippen LogP contribution in [0.2, 0.25) is 0 Å². The number of carbonyl (C=O) groups excluding carboxylic acids is 1. The SMILES string of the molecule is Cc1nc(N2CCCC2)nc2c1CCN(C(=O)c1ccc3ccccc3n1)CC2.O=C(O)C(F)(F)F. The van der Waals surface area contributed by atoms with Crippen molar-refractivity contribution in [1.29, 1.82) is 0 Å². The second kappa shape index (κ2) is 10.5. The summed E-state index contributed by atoms with van der Waals surface area (Å²) in [5, 5.41) is 8.17. The van der Waals surface area contributed by atoms with Gasteiger partial charge in [0.2, 0.25) is 5.95 Å². The molecule has 0 spiro atoms. The summed E-state index contributed by atoms with van der Waals surface area (Å²) in [7, 11) is 0. The van der Waals surface area contributed by atoms with Crippen LogP contribution in [-0.2, 0) is 17.6 Å². The molecule has 0 saturated carbocycles. The first kappa shape index (κ1) is 25.3. The lowest BCUT2D eigenvalue weighted by molar-refractivity contribution is -0.192. The van der Waals surface area contributed by atoms with Gasteiger partial charge in [-0.25, -0.2) is 19.7 Å². The van der Waals surface area contributed by atoms with Crippen molar-refractivity contribution in [2.24, 2.45) is 0 Å². The molecule has 1 aromatic carbocycles. The summed E-state index contributed by atoms with van der Waals surface area (Å²) in [5.41, 5.74) is 4.72. The minimum Gasteiger partial charge on any atom is -0.475 e. The Bertz CT molecular complexity index is 1280. The van der Waals surface area contributed by atoms with Crippen LogP contribution < -0.4 is 4.90 Å². The summed E-state index contributed by atoms with van der Waals surface area (Å²) in [4.78, 5) is 40.5. The molecule has 5 rings (SSSR count). The summed E-state index contributed by atoms with van der Waals surface area (Å²) in [6, 6.07) is 11.7. The molecule has 1 N–H and O–H groups in total. The minimum atomic E-state index is -5.08. The van der Waals surface area contributed by atoms with Crippen LogP contribution in [0.25, 0.3) is 10.9 Å². The van der Waals surface area contributed by atoms with E-state index >= 15 is 0 Å². The van der Waals surface area contributed by atoms with E-state index < -0.39 is 12.1 Å². The van der Waals surface area contributed by atoms with Crippen molar-refractivity contribution in [1.82, 2.24) is 19.9 Å². The predicted molar refractivity (Wildman–Crippen MR) is 127 cm³/mol. The molecular formula is C25H26F3N5O3. The highest BCUT2D eigenvalue weighted by Gasteiger charge is 2.38. The van der Waals surface area contributed by atoms with Gasteiger partial charge in [0.05, 0.1) is 11.2 Å². The number of rotatable bonds is 2. The number of alkyl halides is 3. The highest BCUT2D eigenvalue weighted by molar-refractivity contribution is 5.95. The van der Waals surface area contributed by atoms with Crippen molar-refractivity contribution >= 4 is 28.7 Å². The first-order chi connectivity index (χ1) is 17.1. The summed E-state index contributed by atoms with van der Waals surface area (Å²) in [5.74, 6) is -1.91. The van der Waals surface area contributed by atoms with Crippen molar-refractivity contribution in [3.63, 3.8) is 0 Å². The molecule has 1 amide bonds. The molecule has 2 aromatic heterocycles. The molecule has 11 heteroatoms. The number of aryl methyl sites for hydroxylation is 1. The zero-order valence-corrected chi connectivity index (χ0v) is 19.8.